The molecule has 6 heteroatoms. The smallest absolute Gasteiger partial charge is 0.176 e. The molecule has 0 aliphatic heterocycles. The molecule has 0 bridgehead atoms. The number of phenols is 1. The molecular weight excluding hydrogens is 182 g/mol. The molecule has 0 spiro atoms. The lowest BCUT2D eigenvalue weighted by Gasteiger charge is -2.02. The van der Waals surface area contributed by atoms with Crippen LogP contribution in [-0.2, 0) is 0 Å². The third-order valence-electron chi connectivity index (χ3n) is 1.39. The van der Waals surface area contributed by atoms with E-state index < -0.39 is 28.8 Å². The fourth-order valence-electron chi connectivity index (χ4n) is 0.854. The van der Waals surface area contributed by atoms with E-state index in [9.17, 15) is 8.78 Å². The van der Waals surface area contributed by atoms with Gasteiger partial charge in [0.25, 0.3) is 0 Å². The highest BCUT2D eigenvalue weighted by Crippen LogP contribution is 2.18. The van der Waals surface area contributed by atoms with Gasteiger partial charge in [-0.1, -0.05) is 5.16 Å². The van der Waals surface area contributed by atoms with Gasteiger partial charge in [-0.25, -0.2) is 8.78 Å². The van der Waals surface area contributed by atoms with Crippen LogP contribution >= 0.6 is 0 Å². The summed E-state index contributed by atoms with van der Waals surface area (Å²) in [4.78, 5) is 0. The first kappa shape index (κ1) is 9.24. The molecule has 0 aromatic heterocycles. The number of phenolic OH excluding ortho intramolecular Hbond substituents is 1. The van der Waals surface area contributed by atoms with Gasteiger partial charge in [-0.3, -0.25) is 0 Å². The Morgan fingerprint density at radius 1 is 1.31 bits per heavy atom. The number of nitrogens with two attached hydrogens (primary N) is 1. The molecule has 0 radical (unpaired) electrons. The van der Waals surface area contributed by atoms with Crippen molar-refractivity contribution in [2.75, 3.05) is 0 Å². The van der Waals surface area contributed by atoms with E-state index in [0.29, 0.717) is 12.1 Å². The first-order valence-electron chi connectivity index (χ1n) is 3.22. The molecule has 0 aliphatic carbocycles. The molecule has 0 aliphatic rings. The van der Waals surface area contributed by atoms with Crippen LogP contribution in [0.1, 0.15) is 5.56 Å². The summed E-state index contributed by atoms with van der Waals surface area (Å²) >= 11 is 0. The summed E-state index contributed by atoms with van der Waals surface area (Å²) in [5, 5.41) is 19.4. The van der Waals surface area contributed by atoms with Crippen molar-refractivity contribution in [3.8, 4) is 5.75 Å². The summed E-state index contributed by atoms with van der Waals surface area (Å²) in [5.41, 5.74) is 4.32. The number of rotatable bonds is 1. The summed E-state index contributed by atoms with van der Waals surface area (Å²) in [5.74, 6) is -3.43. The average Bonchev–Trinajstić information content (AvgIpc) is 2.02. The molecular formula is C7H6F2N2O2. The topological polar surface area (TPSA) is 78.8 Å². The molecule has 0 amide bonds. The predicted molar refractivity (Wildman–Crippen MR) is 40.5 cm³/mol. The maximum atomic E-state index is 12.9. The van der Waals surface area contributed by atoms with E-state index in [-0.39, 0.29) is 0 Å². The summed E-state index contributed by atoms with van der Waals surface area (Å²) in [7, 11) is 0. The Hall–Kier alpha value is -1.85. The molecule has 0 saturated carbocycles. The van der Waals surface area contributed by atoms with Crippen LogP contribution in [0.4, 0.5) is 8.78 Å². The van der Waals surface area contributed by atoms with Crippen LogP contribution < -0.4 is 5.73 Å². The first-order chi connectivity index (χ1) is 6.06. The second-order valence-electron chi connectivity index (χ2n) is 2.27. The summed E-state index contributed by atoms with van der Waals surface area (Å²) < 4.78 is 25.8. The van der Waals surface area contributed by atoms with Crippen molar-refractivity contribution in [2.24, 2.45) is 10.9 Å². The molecule has 0 unspecified atom stereocenters. The van der Waals surface area contributed by atoms with Crippen LogP contribution in [0.3, 0.4) is 0 Å². The molecule has 0 atom stereocenters. The van der Waals surface area contributed by atoms with Crippen molar-refractivity contribution in [1.82, 2.24) is 0 Å². The van der Waals surface area contributed by atoms with Crippen LogP contribution in [0.25, 0.3) is 0 Å². The minimum atomic E-state index is -1.09. The van der Waals surface area contributed by atoms with Crippen molar-refractivity contribution in [1.29, 1.82) is 0 Å². The van der Waals surface area contributed by atoms with Gasteiger partial charge in [-0.2, -0.15) is 0 Å². The van der Waals surface area contributed by atoms with Gasteiger partial charge in [0.15, 0.2) is 5.84 Å². The van der Waals surface area contributed by atoms with Gasteiger partial charge in [0.1, 0.15) is 17.4 Å². The summed E-state index contributed by atoms with van der Waals surface area (Å²) in [6, 6.07) is 1.33. The first-order valence-corrected chi connectivity index (χ1v) is 3.22. The second kappa shape index (κ2) is 3.26. The van der Waals surface area contributed by atoms with Crippen LogP contribution in [0.15, 0.2) is 17.3 Å². The number of aromatic hydroxyl groups is 1. The minimum Gasteiger partial charge on any atom is -0.508 e. The minimum absolute atomic E-state index is 0.565. The predicted octanol–water partition coefficient (Wildman–Crippen LogP) is 0.765. The largest absolute Gasteiger partial charge is 0.508 e. The quantitative estimate of drug-likeness (QED) is 0.263. The molecule has 0 heterocycles. The van der Waals surface area contributed by atoms with Crippen molar-refractivity contribution in [2.45, 2.75) is 0 Å². The van der Waals surface area contributed by atoms with E-state index in [1.165, 1.54) is 0 Å². The molecule has 1 aromatic carbocycles. The van der Waals surface area contributed by atoms with Crippen LogP contribution in [-0.4, -0.2) is 16.1 Å². The zero-order chi connectivity index (χ0) is 10.0. The zero-order valence-electron chi connectivity index (χ0n) is 6.33. The lowest BCUT2D eigenvalue weighted by atomic mass is 10.1. The van der Waals surface area contributed by atoms with Gasteiger partial charge in [-0.15, -0.1) is 0 Å². The Morgan fingerprint density at radius 3 is 2.15 bits per heavy atom. The SMILES string of the molecule is N/C(=N\O)c1c(F)cc(O)cc1F. The number of hydrogen-bond donors (Lipinski definition) is 3. The Labute approximate surface area is 71.9 Å². The van der Waals surface area contributed by atoms with Gasteiger partial charge < -0.3 is 16.0 Å². The van der Waals surface area contributed by atoms with Gasteiger partial charge in [0.05, 0.1) is 5.56 Å². The maximum absolute atomic E-state index is 12.9. The molecule has 1 aromatic rings. The lowest BCUT2D eigenvalue weighted by molar-refractivity contribution is 0.318. The highest BCUT2D eigenvalue weighted by Gasteiger charge is 2.14. The zero-order valence-corrected chi connectivity index (χ0v) is 6.33. The Bertz CT molecular complexity index is 343. The molecule has 70 valence electrons. The summed E-state index contributed by atoms with van der Waals surface area (Å²) in [6.07, 6.45) is 0. The molecule has 0 fully saturated rings. The monoisotopic (exact) mass is 188 g/mol. The fraction of sp³-hybridized carbons (Fsp3) is 0. The van der Waals surface area contributed by atoms with Crippen LogP contribution in [0.2, 0.25) is 0 Å². The van der Waals surface area contributed by atoms with Gasteiger partial charge >= 0.3 is 0 Å². The van der Waals surface area contributed by atoms with Crippen molar-refractivity contribution < 1.29 is 19.1 Å². The molecule has 13 heavy (non-hydrogen) atoms. The molecule has 4 N–H and O–H groups in total. The van der Waals surface area contributed by atoms with E-state index in [1.807, 2.05) is 0 Å². The number of amidine groups is 1. The fourth-order valence-corrected chi connectivity index (χ4v) is 0.854. The Kier molecular flexibility index (Phi) is 2.32. The molecule has 4 nitrogen and oxygen atoms in total. The normalized spacial score (nSPS) is 11.7. The number of halogens is 2. The van der Waals surface area contributed by atoms with E-state index in [1.54, 1.807) is 0 Å². The molecule has 1 rings (SSSR count). The standard InChI is InChI=1S/C7H6F2N2O2/c8-4-1-3(12)2-5(9)6(4)7(10)11-13/h1-2,12-13H,(H2,10,11). The van der Waals surface area contributed by atoms with E-state index in [0.717, 1.165) is 0 Å². The summed E-state index contributed by atoms with van der Waals surface area (Å²) in [6.45, 7) is 0. The van der Waals surface area contributed by atoms with E-state index in [4.69, 9.17) is 16.0 Å². The van der Waals surface area contributed by atoms with Gasteiger partial charge in [-0.05, 0) is 0 Å². The van der Waals surface area contributed by atoms with Crippen molar-refractivity contribution in [3.05, 3.63) is 29.3 Å². The number of oxime groups is 1. The Balaban J connectivity index is 3.37. The van der Waals surface area contributed by atoms with Crippen LogP contribution in [0, 0.1) is 11.6 Å². The average molecular weight is 188 g/mol. The number of hydrogen-bond acceptors (Lipinski definition) is 3. The lowest BCUT2D eigenvalue weighted by Crippen LogP contribution is -2.17. The molecule has 0 saturated heterocycles. The highest BCUT2D eigenvalue weighted by molar-refractivity contribution is 5.97. The van der Waals surface area contributed by atoms with Gasteiger partial charge in [0.2, 0.25) is 0 Å². The highest BCUT2D eigenvalue weighted by atomic mass is 19.1. The number of benzene rings is 1. The van der Waals surface area contributed by atoms with Gasteiger partial charge in [0, 0.05) is 12.1 Å². The third kappa shape index (κ3) is 1.66. The second-order valence-corrected chi connectivity index (χ2v) is 2.27. The Morgan fingerprint density at radius 2 is 1.77 bits per heavy atom. The van der Waals surface area contributed by atoms with Crippen molar-refractivity contribution in [3.63, 3.8) is 0 Å². The van der Waals surface area contributed by atoms with Crippen LogP contribution in [0.5, 0.6) is 5.75 Å². The van der Waals surface area contributed by atoms with E-state index in [2.05, 4.69) is 5.16 Å². The number of nitrogens with zero attached hydrogens (tertiary/aromatic N) is 1. The third-order valence-corrected chi connectivity index (χ3v) is 1.39. The van der Waals surface area contributed by atoms with Crippen molar-refractivity contribution >= 4 is 5.84 Å². The maximum Gasteiger partial charge on any atom is 0.176 e. The van der Waals surface area contributed by atoms with E-state index >= 15 is 0 Å².